The lowest BCUT2D eigenvalue weighted by molar-refractivity contribution is 0.0438. The molecule has 3 aromatic rings. The van der Waals surface area contributed by atoms with Crippen molar-refractivity contribution in [2.75, 3.05) is 13.2 Å². The SMILES string of the molecule is CCOCc1c(C(=O)OCC(=O)c2cc(C)n(CC)c2C)oc2ccccc12. The van der Waals surface area contributed by atoms with Gasteiger partial charge in [0.15, 0.2) is 6.61 Å². The summed E-state index contributed by atoms with van der Waals surface area (Å²) >= 11 is 0. The Morgan fingerprint density at radius 3 is 2.57 bits per heavy atom. The quantitative estimate of drug-likeness (QED) is 0.425. The fourth-order valence-electron chi connectivity index (χ4n) is 3.46. The molecule has 0 aliphatic heterocycles. The zero-order valence-corrected chi connectivity index (χ0v) is 16.7. The number of benzene rings is 1. The van der Waals surface area contributed by atoms with E-state index in [1.807, 2.05) is 52.0 Å². The lowest BCUT2D eigenvalue weighted by Crippen LogP contribution is -2.15. The molecule has 6 heteroatoms. The number of para-hydroxylation sites is 1. The molecule has 1 aromatic carbocycles. The fourth-order valence-corrected chi connectivity index (χ4v) is 3.46. The molecule has 0 atom stereocenters. The Hall–Kier alpha value is -2.86. The Labute approximate surface area is 164 Å². The van der Waals surface area contributed by atoms with Gasteiger partial charge in [-0.1, -0.05) is 18.2 Å². The third kappa shape index (κ3) is 3.73. The first-order chi connectivity index (χ1) is 13.5. The van der Waals surface area contributed by atoms with Crippen molar-refractivity contribution >= 4 is 22.7 Å². The smallest absolute Gasteiger partial charge is 0.375 e. The molecule has 0 saturated carbocycles. The highest BCUT2D eigenvalue weighted by Gasteiger charge is 2.23. The average molecular weight is 383 g/mol. The minimum absolute atomic E-state index is 0.0847. The second-order valence-electron chi connectivity index (χ2n) is 6.57. The fraction of sp³-hybridized carbons (Fsp3) is 0.364. The van der Waals surface area contributed by atoms with Crippen molar-refractivity contribution in [3.8, 4) is 0 Å². The van der Waals surface area contributed by atoms with E-state index in [4.69, 9.17) is 13.9 Å². The highest BCUT2D eigenvalue weighted by molar-refractivity contribution is 6.01. The van der Waals surface area contributed by atoms with Gasteiger partial charge >= 0.3 is 5.97 Å². The summed E-state index contributed by atoms with van der Waals surface area (Å²) in [6.07, 6.45) is 0. The van der Waals surface area contributed by atoms with E-state index in [0.717, 1.165) is 23.3 Å². The first kappa shape index (κ1) is 19.9. The summed E-state index contributed by atoms with van der Waals surface area (Å²) in [5.41, 5.74) is 3.68. The third-order valence-corrected chi connectivity index (χ3v) is 4.86. The van der Waals surface area contributed by atoms with Gasteiger partial charge in [0.2, 0.25) is 11.5 Å². The summed E-state index contributed by atoms with van der Waals surface area (Å²) in [4.78, 5) is 25.2. The normalized spacial score (nSPS) is 11.1. The number of carbonyl (C=O) groups excluding carboxylic acids is 2. The van der Waals surface area contributed by atoms with Crippen LogP contribution >= 0.6 is 0 Å². The standard InChI is InChI=1S/C22H25NO5/c1-5-23-14(3)11-17(15(23)4)19(24)13-27-22(25)21-18(12-26-6-2)16-9-7-8-10-20(16)28-21/h7-11H,5-6,12-13H2,1-4H3. The molecule has 0 radical (unpaired) electrons. The summed E-state index contributed by atoms with van der Waals surface area (Å²) in [6, 6.07) is 9.19. The minimum atomic E-state index is -0.663. The van der Waals surface area contributed by atoms with Crippen molar-refractivity contribution in [2.45, 2.75) is 40.8 Å². The molecule has 2 aromatic heterocycles. The Balaban J connectivity index is 1.79. The second kappa shape index (κ2) is 8.44. The largest absolute Gasteiger partial charge is 0.451 e. The predicted octanol–water partition coefficient (Wildman–Crippen LogP) is 4.45. The maximum atomic E-state index is 12.6. The van der Waals surface area contributed by atoms with Gasteiger partial charge in [-0.05, 0) is 39.8 Å². The zero-order valence-electron chi connectivity index (χ0n) is 16.7. The van der Waals surface area contributed by atoms with E-state index in [9.17, 15) is 9.59 Å². The number of Topliss-reactive ketones (excluding diaryl/α,β-unsaturated/α-hetero) is 1. The van der Waals surface area contributed by atoms with E-state index < -0.39 is 5.97 Å². The number of carbonyl (C=O) groups is 2. The van der Waals surface area contributed by atoms with Gasteiger partial charge in [0.05, 0.1) is 6.61 Å². The van der Waals surface area contributed by atoms with Crippen LogP contribution in [0.15, 0.2) is 34.7 Å². The van der Waals surface area contributed by atoms with E-state index >= 15 is 0 Å². The van der Waals surface area contributed by atoms with Crippen LogP contribution in [0.5, 0.6) is 0 Å². The van der Waals surface area contributed by atoms with Crippen LogP contribution in [-0.2, 0) is 22.6 Å². The third-order valence-electron chi connectivity index (χ3n) is 4.86. The number of furan rings is 1. The number of esters is 1. The number of nitrogens with zero attached hydrogens (tertiary/aromatic N) is 1. The monoisotopic (exact) mass is 383 g/mol. The molecule has 0 amide bonds. The van der Waals surface area contributed by atoms with Crippen molar-refractivity contribution in [3.63, 3.8) is 0 Å². The van der Waals surface area contributed by atoms with Crippen LogP contribution in [0.4, 0.5) is 0 Å². The number of rotatable bonds is 8. The number of hydrogen-bond donors (Lipinski definition) is 0. The van der Waals surface area contributed by atoms with Crippen LogP contribution < -0.4 is 0 Å². The summed E-state index contributed by atoms with van der Waals surface area (Å²) in [6.45, 7) is 8.95. The number of ether oxygens (including phenoxy) is 2. The number of hydrogen-bond acceptors (Lipinski definition) is 5. The summed E-state index contributed by atoms with van der Waals surface area (Å²) in [7, 11) is 0. The minimum Gasteiger partial charge on any atom is -0.451 e. The molecule has 2 heterocycles. The lowest BCUT2D eigenvalue weighted by atomic mass is 10.1. The molecular weight excluding hydrogens is 358 g/mol. The molecule has 0 N–H and O–H groups in total. The average Bonchev–Trinajstić information content (AvgIpc) is 3.21. The van der Waals surface area contributed by atoms with Gasteiger partial charge in [0.25, 0.3) is 0 Å². The van der Waals surface area contributed by atoms with Crippen molar-refractivity contribution in [2.24, 2.45) is 0 Å². The Morgan fingerprint density at radius 1 is 1.14 bits per heavy atom. The van der Waals surface area contributed by atoms with Gasteiger partial charge < -0.3 is 18.5 Å². The Bertz CT molecular complexity index is 1010. The van der Waals surface area contributed by atoms with Gasteiger partial charge in [-0.15, -0.1) is 0 Å². The van der Waals surface area contributed by atoms with Crippen molar-refractivity contribution in [3.05, 3.63) is 58.6 Å². The van der Waals surface area contributed by atoms with E-state index in [0.29, 0.717) is 23.3 Å². The van der Waals surface area contributed by atoms with Crippen LogP contribution in [0, 0.1) is 13.8 Å². The molecule has 3 rings (SSSR count). The van der Waals surface area contributed by atoms with Gasteiger partial charge in [0, 0.05) is 41.1 Å². The van der Waals surface area contributed by atoms with E-state index in [-0.39, 0.29) is 24.8 Å². The molecule has 0 spiro atoms. The molecule has 0 unspecified atom stereocenters. The Morgan fingerprint density at radius 2 is 1.89 bits per heavy atom. The predicted molar refractivity (Wildman–Crippen MR) is 106 cm³/mol. The molecule has 0 aliphatic rings. The van der Waals surface area contributed by atoms with Crippen LogP contribution in [0.25, 0.3) is 11.0 Å². The highest BCUT2D eigenvalue weighted by atomic mass is 16.5. The lowest BCUT2D eigenvalue weighted by Gasteiger charge is -2.07. The number of aromatic nitrogens is 1. The number of aryl methyl sites for hydroxylation is 1. The van der Waals surface area contributed by atoms with Crippen LogP contribution in [-0.4, -0.2) is 29.5 Å². The van der Waals surface area contributed by atoms with Crippen LogP contribution in [0.3, 0.4) is 0 Å². The molecule has 148 valence electrons. The van der Waals surface area contributed by atoms with Gasteiger partial charge in [-0.2, -0.15) is 0 Å². The molecule has 6 nitrogen and oxygen atoms in total. The maximum absolute atomic E-state index is 12.6. The van der Waals surface area contributed by atoms with E-state index in [1.54, 1.807) is 6.07 Å². The summed E-state index contributed by atoms with van der Waals surface area (Å²) in [5, 5.41) is 0.806. The highest BCUT2D eigenvalue weighted by Crippen LogP contribution is 2.27. The van der Waals surface area contributed by atoms with Gasteiger partial charge in [-0.3, -0.25) is 4.79 Å². The molecule has 28 heavy (non-hydrogen) atoms. The van der Waals surface area contributed by atoms with E-state index in [1.165, 1.54) is 0 Å². The first-order valence-electron chi connectivity index (χ1n) is 9.43. The Kier molecular flexibility index (Phi) is 5.99. The second-order valence-corrected chi connectivity index (χ2v) is 6.57. The molecule has 0 saturated heterocycles. The van der Waals surface area contributed by atoms with E-state index in [2.05, 4.69) is 4.57 Å². The summed E-state index contributed by atoms with van der Waals surface area (Å²) < 4.78 is 18.5. The molecule has 0 aliphatic carbocycles. The number of fused-ring (bicyclic) bond motifs is 1. The topological polar surface area (TPSA) is 70.7 Å². The molecule has 0 fully saturated rings. The molecule has 0 bridgehead atoms. The van der Waals surface area contributed by atoms with Crippen LogP contribution in [0.2, 0.25) is 0 Å². The molecular formula is C22H25NO5. The zero-order chi connectivity index (χ0) is 20.3. The first-order valence-corrected chi connectivity index (χ1v) is 9.43. The van der Waals surface area contributed by atoms with Crippen molar-refractivity contribution < 1.29 is 23.5 Å². The number of ketones is 1. The maximum Gasteiger partial charge on any atom is 0.375 e. The van der Waals surface area contributed by atoms with Crippen molar-refractivity contribution in [1.82, 2.24) is 4.57 Å². The van der Waals surface area contributed by atoms with Gasteiger partial charge in [0.1, 0.15) is 5.58 Å². The van der Waals surface area contributed by atoms with Gasteiger partial charge in [-0.25, -0.2) is 4.79 Å². The van der Waals surface area contributed by atoms with Crippen molar-refractivity contribution in [1.29, 1.82) is 0 Å². The summed E-state index contributed by atoms with van der Waals surface area (Å²) in [5.74, 6) is -0.811. The van der Waals surface area contributed by atoms with Crippen LogP contribution in [0.1, 0.15) is 51.7 Å².